The average molecular weight is 478 g/mol. The highest BCUT2D eigenvalue weighted by atomic mass is 35.5. The van der Waals surface area contributed by atoms with Crippen LogP contribution in [-0.2, 0) is 9.53 Å². The molecule has 1 saturated heterocycles. The molecule has 2 aliphatic rings. The van der Waals surface area contributed by atoms with Crippen molar-refractivity contribution in [3.63, 3.8) is 0 Å². The van der Waals surface area contributed by atoms with E-state index in [4.69, 9.17) is 21.1 Å². The van der Waals surface area contributed by atoms with Gasteiger partial charge in [-0.25, -0.2) is 9.37 Å². The van der Waals surface area contributed by atoms with Crippen molar-refractivity contribution in [2.75, 3.05) is 43.1 Å². The van der Waals surface area contributed by atoms with E-state index in [-0.39, 0.29) is 12.0 Å². The largest absolute Gasteiger partial charge is 0.476 e. The Hall–Kier alpha value is -2.65. The van der Waals surface area contributed by atoms with Gasteiger partial charge in [0.1, 0.15) is 5.02 Å². The zero-order chi connectivity index (χ0) is 23.2. The highest BCUT2D eigenvalue weighted by Gasteiger charge is 2.28. The van der Waals surface area contributed by atoms with Crippen molar-refractivity contribution < 1.29 is 18.7 Å². The quantitative estimate of drug-likeness (QED) is 0.598. The number of halogens is 2. The molecule has 2 fully saturated rings. The lowest BCUT2D eigenvalue weighted by Gasteiger charge is -2.28. The van der Waals surface area contributed by atoms with Gasteiger partial charge >= 0.3 is 0 Å². The van der Waals surface area contributed by atoms with Crippen LogP contribution in [0.2, 0.25) is 5.02 Å². The first-order valence-corrected chi connectivity index (χ1v) is 11.7. The predicted molar refractivity (Wildman–Crippen MR) is 125 cm³/mol. The second-order valence-corrected chi connectivity index (χ2v) is 8.84. The number of hydrogen-bond acceptors (Lipinski definition) is 7. The van der Waals surface area contributed by atoms with Crippen LogP contribution in [0, 0.1) is 5.92 Å². The fourth-order valence-electron chi connectivity index (χ4n) is 4.09. The van der Waals surface area contributed by atoms with Crippen LogP contribution in [0.3, 0.4) is 0 Å². The standard InChI is InChI=1S/C23H29ClFN5O3/c1-15(25)21(31)27-18-3-2-16(12-18)14-33-22-20(24)13-26-23(29-22)28-17-4-6-19(7-5-17)30-8-10-32-11-9-30/h4-7,13,15-16,18H,2-3,8-12,14H2,1H3,(H,27,31)(H,26,28,29)/t15?,16-,18+/m1/s1. The van der Waals surface area contributed by atoms with Crippen molar-refractivity contribution in [2.24, 2.45) is 5.92 Å². The summed E-state index contributed by atoms with van der Waals surface area (Å²) in [4.78, 5) is 22.5. The Balaban J connectivity index is 1.30. The van der Waals surface area contributed by atoms with Gasteiger partial charge in [-0.05, 0) is 56.4 Å². The number of morpholine rings is 1. The Kier molecular flexibility index (Phi) is 7.82. The van der Waals surface area contributed by atoms with Crippen LogP contribution >= 0.6 is 11.6 Å². The maximum absolute atomic E-state index is 13.1. The van der Waals surface area contributed by atoms with Gasteiger partial charge in [0.2, 0.25) is 11.8 Å². The smallest absolute Gasteiger partial charge is 0.254 e. The van der Waals surface area contributed by atoms with Crippen molar-refractivity contribution >= 4 is 34.8 Å². The number of aromatic nitrogens is 2. The van der Waals surface area contributed by atoms with E-state index < -0.39 is 12.1 Å². The van der Waals surface area contributed by atoms with Crippen LogP contribution in [0.25, 0.3) is 0 Å². The molecule has 1 aromatic carbocycles. The molecule has 2 aromatic rings. The molecular formula is C23H29ClFN5O3. The minimum atomic E-state index is -1.50. The Morgan fingerprint density at radius 1 is 1.30 bits per heavy atom. The summed E-state index contributed by atoms with van der Waals surface area (Å²) >= 11 is 6.23. The van der Waals surface area contributed by atoms with Gasteiger partial charge in [-0.2, -0.15) is 4.98 Å². The second kappa shape index (κ2) is 11.0. The molecule has 0 spiro atoms. The molecule has 0 radical (unpaired) electrons. The summed E-state index contributed by atoms with van der Waals surface area (Å²) in [6.07, 6.45) is 2.43. The minimum Gasteiger partial charge on any atom is -0.476 e. The highest BCUT2D eigenvalue weighted by molar-refractivity contribution is 6.31. The first kappa shape index (κ1) is 23.5. The highest BCUT2D eigenvalue weighted by Crippen LogP contribution is 2.29. The first-order chi connectivity index (χ1) is 16.0. The van der Waals surface area contributed by atoms with E-state index in [0.29, 0.717) is 23.5 Å². The van der Waals surface area contributed by atoms with Crippen LogP contribution in [0.4, 0.5) is 21.7 Å². The third kappa shape index (κ3) is 6.45. The molecule has 10 heteroatoms. The zero-order valence-electron chi connectivity index (χ0n) is 18.6. The number of amides is 1. The number of alkyl halides is 1. The molecule has 33 heavy (non-hydrogen) atoms. The lowest BCUT2D eigenvalue weighted by molar-refractivity contribution is -0.126. The molecule has 178 valence electrons. The van der Waals surface area contributed by atoms with Crippen LogP contribution in [0.5, 0.6) is 5.88 Å². The van der Waals surface area contributed by atoms with Crippen LogP contribution in [-0.4, -0.2) is 61.0 Å². The number of anilines is 3. The molecular weight excluding hydrogens is 449 g/mol. The number of rotatable bonds is 8. The molecule has 1 aliphatic carbocycles. The van der Waals surface area contributed by atoms with Gasteiger partial charge in [0.25, 0.3) is 5.91 Å². The fourth-order valence-corrected chi connectivity index (χ4v) is 4.24. The summed E-state index contributed by atoms with van der Waals surface area (Å²) in [5, 5.41) is 6.25. The summed E-state index contributed by atoms with van der Waals surface area (Å²) < 4.78 is 24.4. The Morgan fingerprint density at radius 3 is 2.79 bits per heavy atom. The number of nitrogens with zero attached hydrogens (tertiary/aromatic N) is 3. The second-order valence-electron chi connectivity index (χ2n) is 8.43. The van der Waals surface area contributed by atoms with Crippen LogP contribution in [0.1, 0.15) is 26.2 Å². The van der Waals surface area contributed by atoms with Gasteiger partial charge in [-0.3, -0.25) is 4.79 Å². The van der Waals surface area contributed by atoms with E-state index in [1.54, 1.807) is 0 Å². The third-order valence-corrected chi connectivity index (χ3v) is 6.18. The maximum Gasteiger partial charge on any atom is 0.254 e. The van der Waals surface area contributed by atoms with E-state index in [1.807, 2.05) is 12.1 Å². The predicted octanol–water partition coefficient (Wildman–Crippen LogP) is 3.73. The first-order valence-electron chi connectivity index (χ1n) is 11.3. The van der Waals surface area contributed by atoms with E-state index >= 15 is 0 Å². The molecule has 4 rings (SSSR count). The summed E-state index contributed by atoms with van der Waals surface area (Å²) in [5.41, 5.74) is 2.01. The van der Waals surface area contributed by atoms with Crippen molar-refractivity contribution in [3.8, 4) is 5.88 Å². The molecule has 2 N–H and O–H groups in total. The maximum atomic E-state index is 13.1. The van der Waals surface area contributed by atoms with Gasteiger partial charge in [0.15, 0.2) is 6.17 Å². The van der Waals surface area contributed by atoms with Gasteiger partial charge < -0.3 is 25.0 Å². The van der Waals surface area contributed by atoms with Crippen molar-refractivity contribution in [1.29, 1.82) is 0 Å². The normalized spacial score (nSPS) is 21.5. The SMILES string of the molecule is CC(F)C(=O)N[C@H]1CC[C@@H](COc2nc(Nc3ccc(N4CCOCC4)cc3)ncc2Cl)C1. The molecule has 1 aliphatic heterocycles. The Morgan fingerprint density at radius 2 is 2.06 bits per heavy atom. The number of benzene rings is 1. The lowest BCUT2D eigenvalue weighted by Crippen LogP contribution is -2.37. The van der Waals surface area contributed by atoms with Crippen LogP contribution < -0.4 is 20.3 Å². The monoisotopic (exact) mass is 477 g/mol. The summed E-state index contributed by atoms with van der Waals surface area (Å²) in [5.74, 6) is 0.375. The lowest BCUT2D eigenvalue weighted by atomic mass is 10.1. The molecule has 0 bridgehead atoms. The van der Waals surface area contributed by atoms with Gasteiger partial charge in [0, 0.05) is 30.5 Å². The number of nitrogens with one attached hydrogen (secondary N) is 2. The summed E-state index contributed by atoms with van der Waals surface area (Å²) in [6.45, 7) is 4.92. The minimum absolute atomic E-state index is 0.0252. The fraction of sp³-hybridized carbons (Fsp3) is 0.522. The van der Waals surface area contributed by atoms with Gasteiger partial charge in [0.05, 0.1) is 26.0 Å². The molecule has 1 unspecified atom stereocenters. The Bertz CT molecular complexity index is 940. The van der Waals surface area contributed by atoms with E-state index in [2.05, 4.69) is 37.6 Å². The summed E-state index contributed by atoms with van der Waals surface area (Å²) in [6, 6.07) is 8.05. The van der Waals surface area contributed by atoms with Gasteiger partial charge in [-0.1, -0.05) is 11.6 Å². The number of hydrogen-bond donors (Lipinski definition) is 2. The zero-order valence-corrected chi connectivity index (χ0v) is 19.4. The number of carbonyl (C=O) groups excluding carboxylic acids is 1. The molecule has 3 atom stereocenters. The van der Waals surface area contributed by atoms with E-state index in [0.717, 1.165) is 56.9 Å². The van der Waals surface area contributed by atoms with Gasteiger partial charge in [-0.15, -0.1) is 0 Å². The molecule has 1 aromatic heterocycles. The van der Waals surface area contributed by atoms with Crippen molar-refractivity contribution in [1.82, 2.24) is 15.3 Å². The molecule has 1 amide bonds. The summed E-state index contributed by atoms with van der Waals surface area (Å²) in [7, 11) is 0. The number of carbonyl (C=O) groups is 1. The van der Waals surface area contributed by atoms with E-state index in [1.165, 1.54) is 13.1 Å². The van der Waals surface area contributed by atoms with Crippen molar-refractivity contribution in [3.05, 3.63) is 35.5 Å². The number of ether oxygens (including phenoxy) is 2. The van der Waals surface area contributed by atoms with E-state index in [9.17, 15) is 9.18 Å². The third-order valence-electron chi connectivity index (χ3n) is 5.92. The average Bonchev–Trinajstić information content (AvgIpc) is 3.27. The topological polar surface area (TPSA) is 88.6 Å². The molecule has 2 heterocycles. The van der Waals surface area contributed by atoms with Crippen molar-refractivity contribution in [2.45, 2.75) is 38.4 Å². The Labute approximate surface area is 197 Å². The molecule has 1 saturated carbocycles. The van der Waals surface area contributed by atoms with Crippen LogP contribution in [0.15, 0.2) is 30.5 Å². The molecule has 8 nitrogen and oxygen atoms in total.